The lowest BCUT2D eigenvalue weighted by Gasteiger charge is -2.19. The molecule has 0 fully saturated rings. The molecule has 2 aromatic carbocycles. The largest absolute Gasteiger partial charge is 0.465 e. The maximum absolute atomic E-state index is 12.7. The molecule has 0 heterocycles. The summed E-state index contributed by atoms with van der Waals surface area (Å²) in [5.74, 6) is -1.33. The lowest BCUT2D eigenvalue weighted by Crippen LogP contribution is -2.27. The average molecular weight is 428 g/mol. The van der Waals surface area contributed by atoms with E-state index < -0.39 is 16.8 Å². The van der Waals surface area contributed by atoms with Gasteiger partial charge in [-0.25, -0.2) is 4.79 Å². The Balaban J connectivity index is 2.48. The third-order valence-corrected chi connectivity index (χ3v) is 4.17. The molecule has 0 aliphatic heterocycles. The van der Waals surface area contributed by atoms with Crippen LogP contribution in [0.15, 0.2) is 40.9 Å². The standard InChI is InChI=1S/C16H12BrClN2O5/c1-19(14-4-3-11(17)8-13(14)18)15(21)9-5-10(16(22)25-2)7-12(6-9)20(23)24/h3-8H,1-2H3. The van der Waals surface area contributed by atoms with Gasteiger partial charge in [0.25, 0.3) is 11.6 Å². The predicted octanol–water partition coefficient (Wildman–Crippen LogP) is 4.07. The fourth-order valence-corrected chi connectivity index (χ4v) is 2.93. The van der Waals surface area contributed by atoms with Crippen LogP contribution in [-0.2, 0) is 4.74 Å². The van der Waals surface area contributed by atoms with Crippen molar-refractivity contribution in [3.63, 3.8) is 0 Å². The first kappa shape index (κ1) is 18.9. The molecule has 9 heteroatoms. The second-order valence-corrected chi connectivity index (χ2v) is 6.30. The molecule has 25 heavy (non-hydrogen) atoms. The molecule has 0 aromatic heterocycles. The second-order valence-electron chi connectivity index (χ2n) is 4.98. The number of carbonyl (C=O) groups excluding carboxylic acids is 2. The lowest BCUT2D eigenvalue weighted by molar-refractivity contribution is -0.384. The van der Waals surface area contributed by atoms with Gasteiger partial charge in [0.2, 0.25) is 0 Å². The molecular weight excluding hydrogens is 416 g/mol. The first-order valence-corrected chi connectivity index (χ1v) is 8.02. The van der Waals surface area contributed by atoms with E-state index in [9.17, 15) is 19.7 Å². The first-order chi connectivity index (χ1) is 11.7. The van der Waals surface area contributed by atoms with Crippen LogP contribution in [0.2, 0.25) is 5.02 Å². The van der Waals surface area contributed by atoms with E-state index >= 15 is 0 Å². The van der Waals surface area contributed by atoms with Crippen molar-refractivity contribution in [2.75, 3.05) is 19.1 Å². The van der Waals surface area contributed by atoms with E-state index in [1.807, 2.05) is 0 Å². The molecule has 0 saturated carbocycles. The highest BCUT2D eigenvalue weighted by atomic mass is 79.9. The topological polar surface area (TPSA) is 89.8 Å². The van der Waals surface area contributed by atoms with Gasteiger partial charge in [0.15, 0.2) is 0 Å². The molecule has 130 valence electrons. The number of methoxy groups -OCH3 is 1. The van der Waals surface area contributed by atoms with Crippen molar-refractivity contribution in [3.8, 4) is 0 Å². The summed E-state index contributed by atoms with van der Waals surface area (Å²) < 4.78 is 5.31. The smallest absolute Gasteiger partial charge is 0.338 e. The molecule has 0 atom stereocenters. The Hall–Kier alpha value is -2.45. The van der Waals surface area contributed by atoms with Crippen LogP contribution in [0.25, 0.3) is 0 Å². The van der Waals surface area contributed by atoms with Gasteiger partial charge in [-0.1, -0.05) is 27.5 Å². The Morgan fingerprint density at radius 1 is 1.20 bits per heavy atom. The first-order valence-electron chi connectivity index (χ1n) is 6.85. The van der Waals surface area contributed by atoms with Crippen LogP contribution < -0.4 is 4.90 Å². The fraction of sp³-hybridized carbons (Fsp3) is 0.125. The van der Waals surface area contributed by atoms with Gasteiger partial charge in [-0.3, -0.25) is 14.9 Å². The van der Waals surface area contributed by atoms with Gasteiger partial charge in [0, 0.05) is 29.2 Å². The molecule has 2 aromatic rings. The molecule has 0 N–H and O–H groups in total. The molecule has 0 spiro atoms. The number of nitro benzene ring substituents is 1. The molecule has 7 nitrogen and oxygen atoms in total. The monoisotopic (exact) mass is 426 g/mol. The highest BCUT2D eigenvalue weighted by molar-refractivity contribution is 9.10. The minimum Gasteiger partial charge on any atom is -0.465 e. The Kier molecular flexibility index (Phi) is 5.76. The van der Waals surface area contributed by atoms with E-state index in [2.05, 4.69) is 20.7 Å². The van der Waals surface area contributed by atoms with E-state index in [-0.39, 0.29) is 16.8 Å². The average Bonchev–Trinajstić information content (AvgIpc) is 2.59. The maximum atomic E-state index is 12.7. The van der Waals surface area contributed by atoms with Crippen molar-refractivity contribution in [1.29, 1.82) is 0 Å². The third kappa shape index (κ3) is 4.15. The van der Waals surface area contributed by atoms with E-state index in [0.717, 1.165) is 23.7 Å². The lowest BCUT2D eigenvalue weighted by atomic mass is 10.1. The number of nitro groups is 1. The van der Waals surface area contributed by atoms with Gasteiger partial charge in [-0.05, 0) is 24.3 Å². The van der Waals surface area contributed by atoms with Crippen LogP contribution >= 0.6 is 27.5 Å². The number of ether oxygens (including phenoxy) is 1. The molecule has 0 saturated heterocycles. The van der Waals surface area contributed by atoms with E-state index in [0.29, 0.717) is 10.7 Å². The molecule has 0 unspecified atom stereocenters. The third-order valence-electron chi connectivity index (χ3n) is 3.37. The Morgan fingerprint density at radius 3 is 2.40 bits per heavy atom. The van der Waals surface area contributed by atoms with E-state index in [1.165, 1.54) is 18.0 Å². The van der Waals surface area contributed by atoms with Crippen molar-refractivity contribution in [2.24, 2.45) is 0 Å². The number of esters is 1. The molecule has 0 bridgehead atoms. The van der Waals surface area contributed by atoms with Crippen molar-refractivity contribution < 1.29 is 19.2 Å². The number of amides is 1. The van der Waals surface area contributed by atoms with Gasteiger partial charge in [-0.2, -0.15) is 0 Å². The van der Waals surface area contributed by atoms with E-state index in [1.54, 1.807) is 18.2 Å². The van der Waals surface area contributed by atoms with Gasteiger partial charge >= 0.3 is 5.97 Å². The number of non-ortho nitro benzene ring substituents is 1. The number of nitrogens with zero attached hydrogens (tertiary/aromatic N) is 2. The number of benzene rings is 2. The zero-order chi connectivity index (χ0) is 18.7. The molecule has 0 radical (unpaired) electrons. The predicted molar refractivity (Wildman–Crippen MR) is 96.3 cm³/mol. The van der Waals surface area contributed by atoms with Crippen LogP contribution in [-0.4, -0.2) is 31.0 Å². The quantitative estimate of drug-likeness (QED) is 0.417. The number of hydrogen-bond acceptors (Lipinski definition) is 5. The van der Waals surface area contributed by atoms with Crippen LogP contribution in [0, 0.1) is 10.1 Å². The zero-order valence-electron chi connectivity index (χ0n) is 13.2. The Morgan fingerprint density at radius 2 is 1.84 bits per heavy atom. The summed E-state index contributed by atoms with van der Waals surface area (Å²) in [4.78, 5) is 36.0. The fourth-order valence-electron chi connectivity index (χ4n) is 2.13. The summed E-state index contributed by atoms with van der Waals surface area (Å²) in [5.41, 5.74) is -0.0889. The molecule has 1 amide bonds. The minimum atomic E-state index is -0.776. The summed E-state index contributed by atoms with van der Waals surface area (Å²) in [6.07, 6.45) is 0. The summed E-state index contributed by atoms with van der Waals surface area (Å²) in [6, 6.07) is 8.34. The van der Waals surface area contributed by atoms with Crippen LogP contribution in [0.4, 0.5) is 11.4 Å². The Bertz CT molecular complexity index is 872. The van der Waals surface area contributed by atoms with Gasteiger partial charge in [-0.15, -0.1) is 0 Å². The van der Waals surface area contributed by atoms with Crippen molar-refractivity contribution >= 4 is 50.8 Å². The SMILES string of the molecule is COC(=O)c1cc(C(=O)N(C)c2ccc(Br)cc2Cl)cc([N+](=O)[O-])c1. The van der Waals surface area contributed by atoms with Gasteiger partial charge in [0.1, 0.15) is 0 Å². The molecule has 0 aliphatic rings. The molecule has 2 rings (SSSR count). The zero-order valence-corrected chi connectivity index (χ0v) is 15.5. The number of halogens is 2. The highest BCUT2D eigenvalue weighted by Crippen LogP contribution is 2.29. The summed E-state index contributed by atoms with van der Waals surface area (Å²) >= 11 is 9.41. The second kappa shape index (κ2) is 7.62. The van der Waals surface area contributed by atoms with Crippen LogP contribution in [0.1, 0.15) is 20.7 Å². The molecular formula is C16H12BrClN2O5. The van der Waals surface area contributed by atoms with Gasteiger partial charge < -0.3 is 9.64 Å². The van der Waals surface area contributed by atoms with Crippen molar-refractivity contribution in [1.82, 2.24) is 0 Å². The van der Waals surface area contributed by atoms with Crippen molar-refractivity contribution in [3.05, 3.63) is 67.1 Å². The maximum Gasteiger partial charge on any atom is 0.338 e. The van der Waals surface area contributed by atoms with Crippen molar-refractivity contribution in [2.45, 2.75) is 0 Å². The number of anilines is 1. The van der Waals surface area contributed by atoms with E-state index in [4.69, 9.17) is 11.6 Å². The van der Waals surface area contributed by atoms with Crippen LogP contribution in [0.5, 0.6) is 0 Å². The number of hydrogen-bond donors (Lipinski definition) is 0. The highest BCUT2D eigenvalue weighted by Gasteiger charge is 2.22. The number of rotatable bonds is 4. The molecule has 0 aliphatic carbocycles. The van der Waals surface area contributed by atoms with Gasteiger partial charge in [0.05, 0.1) is 28.3 Å². The van der Waals surface area contributed by atoms with Crippen LogP contribution in [0.3, 0.4) is 0 Å². The summed E-state index contributed by atoms with van der Waals surface area (Å²) in [5, 5.41) is 11.4. The number of carbonyl (C=O) groups is 2. The summed E-state index contributed by atoms with van der Waals surface area (Å²) in [7, 11) is 2.63. The summed E-state index contributed by atoms with van der Waals surface area (Å²) in [6.45, 7) is 0. The normalized spacial score (nSPS) is 10.2. The minimum absolute atomic E-state index is 0.0314. The Labute approximate surface area is 156 Å².